The number of esters is 4. The van der Waals surface area contributed by atoms with Crippen LogP contribution in [0.5, 0.6) is 0 Å². The molecule has 19 heteroatoms. The van der Waals surface area contributed by atoms with Gasteiger partial charge in [-0.3, -0.25) is 37.3 Å². The van der Waals surface area contributed by atoms with Gasteiger partial charge in [-0.25, -0.2) is 9.13 Å². The topological polar surface area (TPSA) is 237 Å². The molecular weight excluding hydrogens is 1260 g/mol. The molecule has 3 N–H and O–H groups in total. The molecule has 570 valence electrons. The molecular formula is C77H150O17P2. The summed E-state index contributed by atoms with van der Waals surface area (Å²) in [4.78, 5) is 72.8. The van der Waals surface area contributed by atoms with E-state index in [-0.39, 0.29) is 25.7 Å². The Labute approximate surface area is 588 Å². The number of carbonyl (C=O) groups is 4. The van der Waals surface area contributed by atoms with Gasteiger partial charge in [-0.05, 0) is 37.5 Å². The third-order valence-corrected chi connectivity index (χ3v) is 20.2. The minimum Gasteiger partial charge on any atom is -0.462 e. The second kappa shape index (κ2) is 68.8. The molecule has 0 aliphatic heterocycles. The first kappa shape index (κ1) is 94.1. The summed E-state index contributed by atoms with van der Waals surface area (Å²) >= 11 is 0. The SMILES string of the molecule is CCCCCCCCCCCCCCCCCCCCCCC(=O)O[C@H](COC(=O)CCCCCCCCCCCCC(C)CC)COP(=O)(O)OC[C@@H](O)COP(=O)(O)OC[C@@H](COC(=O)CCCCCCCCCCCCC)OC(=O)CCCCCCCCCCC(C)C. The second-order valence-electron chi connectivity index (χ2n) is 28.5. The van der Waals surface area contributed by atoms with Gasteiger partial charge in [-0.1, -0.05) is 350 Å². The van der Waals surface area contributed by atoms with Gasteiger partial charge >= 0.3 is 39.5 Å². The summed E-state index contributed by atoms with van der Waals surface area (Å²) in [5.74, 6) is -0.588. The number of ether oxygens (including phenoxy) is 4. The lowest BCUT2D eigenvalue weighted by atomic mass is 9.99. The lowest BCUT2D eigenvalue weighted by Gasteiger charge is -2.21. The molecule has 0 heterocycles. The molecule has 0 aromatic heterocycles. The van der Waals surface area contributed by atoms with Crippen molar-refractivity contribution in [1.29, 1.82) is 0 Å². The fourth-order valence-electron chi connectivity index (χ4n) is 11.8. The summed E-state index contributed by atoms with van der Waals surface area (Å²) in [6, 6.07) is 0. The van der Waals surface area contributed by atoms with Crippen molar-refractivity contribution in [3.05, 3.63) is 0 Å². The van der Waals surface area contributed by atoms with Crippen LogP contribution in [0.15, 0.2) is 0 Å². The van der Waals surface area contributed by atoms with Crippen LogP contribution in [-0.4, -0.2) is 96.7 Å². The summed E-state index contributed by atoms with van der Waals surface area (Å²) in [5.41, 5.74) is 0. The second-order valence-corrected chi connectivity index (χ2v) is 31.4. The zero-order valence-electron chi connectivity index (χ0n) is 62.7. The highest BCUT2D eigenvalue weighted by molar-refractivity contribution is 7.47. The minimum absolute atomic E-state index is 0.105. The molecule has 0 bridgehead atoms. The summed E-state index contributed by atoms with van der Waals surface area (Å²) in [6.07, 6.45) is 56.9. The van der Waals surface area contributed by atoms with E-state index in [1.807, 2.05) is 0 Å². The third kappa shape index (κ3) is 69.2. The fourth-order valence-corrected chi connectivity index (χ4v) is 13.4. The average Bonchev–Trinajstić information content (AvgIpc) is 3.70. The van der Waals surface area contributed by atoms with Gasteiger partial charge in [0.15, 0.2) is 12.2 Å². The van der Waals surface area contributed by atoms with E-state index >= 15 is 0 Å². The van der Waals surface area contributed by atoms with E-state index in [4.69, 9.17) is 37.0 Å². The summed E-state index contributed by atoms with van der Waals surface area (Å²) in [7, 11) is -9.91. The maximum Gasteiger partial charge on any atom is 0.472 e. The molecule has 0 saturated heterocycles. The zero-order valence-corrected chi connectivity index (χ0v) is 64.5. The summed E-state index contributed by atoms with van der Waals surface area (Å²) in [6.45, 7) is 9.59. The van der Waals surface area contributed by atoms with Crippen molar-refractivity contribution in [2.24, 2.45) is 11.8 Å². The lowest BCUT2D eigenvalue weighted by Crippen LogP contribution is -2.30. The fraction of sp³-hybridized carbons (Fsp3) is 0.948. The maximum absolute atomic E-state index is 13.1. The van der Waals surface area contributed by atoms with E-state index in [2.05, 4.69) is 41.5 Å². The molecule has 0 saturated carbocycles. The van der Waals surface area contributed by atoms with Crippen LogP contribution in [0.4, 0.5) is 0 Å². The third-order valence-electron chi connectivity index (χ3n) is 18.3. The molecule has 0 amide bonds. The molecule has 0 radical (unpaired) electrons. The number of phosphoric ester groups is 2. The first-order chi connectivity index (χ1) is 46.4. The number of aliphatic hydroxyl groups is 1. The predicted octanol–water partition coefficient (Wildman–Crippen LogP) is 22.7. The smallest absolute Gasteiger partial charge is 0.462 e. The predicted molar refractivity (Wildman–Crippen MR) is 391 cm³/mol. The van der Waals surface area contributed by atoms with Gasteiger partial charge in [0.25, 0.3) is 0 Å². The van der Waals surface area contributed by atoms with E-state index in [9.17, 15) is 43.2 Å². The van der Waals surface area contributed by atoms with Gasteiger partial charge in [0, 0.05) is 25.7 Å². The van der Waals surface area contributed by atoms with Crippen LogP contribution in [0.25, 0.3) is 0 Å². The number of hydrogen-bond donors (Lipinski definition) is 3. The highest BCUT2D eigenvalue weighted by Crippen LogP contribution is 2.45. The van der Waals surface area contributed by atoms with Crippen LogP contribution in [0.2, 0.25) is 0 Å². The first-order valence-corrected chi connectivity index (χ1v) is 43.0. The number of hydrogen-bond acceptors (Lipinski definition) is 15. The quantitative estimate of drug-likeness (QED) is 0.0222. The molecule has 0 aliphatic rings. The van der Waals surface area contributed by atoms with Crippen LogP contribution >= 0.6 is 15.6 Å². The van der Waals surface area contributed by atoms with Gasteiger partial charge in [0.05, 0.1) is 26.4 Å². The summed E-state index contributed by atoms with van der Waals surface area (Å²) < 4.78 is 68.5. The van der Waals surface area contributed by atoms with Crippen molar-refractivity contribution >= 4 is 39.5 Å². The van der Waals surface area contributed by atoms with Crippen molar-refractivity contribution in [2.75, 3.05) is 39.6 Å². The Kier molecular flexibility index (Phi) is 67.4. The van der Waals surface area contributed by atoms with Crippen LogP contribution in [0, 0.1) is 11.8 Å². The van der Waals surface area contributed by atoms with Crippen LogP contribution in [0.1, 0.15) is 401 Å². The van der Waals surface area contributed by atoms with E-state index in [1.165, 1.54) is 218 Å². The van der Waals surface area contributed by atoms with Crippen molar-refractivity contribution in [1.82, 2.24) is 0 Å². The summed E-state index contributed by atoms with van der Waals surface area (Å²) in [5, 5.41) is 10.6. The number of aliphatic hydroxyl groups excluding tert-OH is 1. The standard InChI is InChI=1S/C77H150O17P2/c1-7-10-12-14-16-18-20-21-22-23-24-25-26-27-28-30-36-43-49-55-61-76(81)93-72(65-88-75(80)60-54-48-42-35-32-31-33-40-46-52-58-70(6)9-3)67-91-95(83,84)89-63-71(78)64-90-96(85,86)92-68-73(94-77(82)62-56-50-44-38-37-39-45-51-57-69(4)5)66-87-74(79)59-53-47-41-34-29-19-17-15-13-11-8-2/h69-73,78H,7-68H2,1-6H3,(H,83,84)(H,85,86)/t70?,71-,72-,73-/m1/s1. The van der Waals surface area contributed by atoms with Crippen molar-refractivity contribution < 1.29 is 80.2 Å². The van der Waals surface area contributed by atoms with E-state index in [1.54, 1.807) is 0 Å². The van der Waals surface area contributed by atoms with Gasteiger partial charge in [-0.2, -0.15) is 0 Å². The van der Waals surface area contributed by atoms with Gasteiger partial charge in [0.2, 0.25) is 0 Å². The number of phosphoric acid groups is 2. The van der Waals surface area contributed by atoms with Gasteiger partial charge in [-0.15, -0.1) is 0 Å². The monoisotopic (exact) mass is 1410 g/mol. The average molecular weight is 1410 g/mol. The van der Waals surface area contributed by atoms with E-state index < -0.39 is 97.5 Å². The van der Waals surface area contributed by atoms with Crippen LogP contribution in [0.3, 0.4) is 0 Å². The molecule has 6 atom stereocenters. The normalized spacial score (nSPS) is 14.3. The van der Waals surface area contributed by atoms with E-state index in [0.29, 0.717) is 25.7 Å². The number of rotatable bonds is 76. The minimum atomic E-state index is -4.96. The Morgan fingerprint density at radius 3 is 0.792 bits per heavy atom. The van der Waals surface area contributed by atoms with Crippen molar-refractivity contribution in [2.45, 2.75) is 419 Å². The first-order valence-electron chi connectivity index (χ1n) is 40.0. The van der Waals surface area contributed by atoms with Crippen molar-refractivity contribution in [3.8, 4) is 0 Å². The Balaban J connectivity index is 5.22. The highest BCUT2D eigenvalue weighted by atomic mass is 31.2. The molecule has 0 rings (SSSR count). The Bertz CT molecular complexity index is 1860. The van der Waals surface area contributed by atoms with Crippen molar-refractivity contribution in [3.63, 3.8) is 0 Å². The molecule has 96 heavy (non-hydrogen) atoms. The molecule has 0 aliphatic carbocycles. The molecule has 0 aromatic carbocycles. The maximum atomic E-state index is 13.1. The Morgan fingerprint density at radius 2 is 0.531 bits per heavy atom. The molecule has 3 unspecified atom stereocenters. The zero-order chi connectivity index (χ0) is 70.7. The molecule has 0 aromatic rings. The van der Waals surface area contributed by atoms with Crippen LogP contribution in [-0.2, 0) is 65.4 Å². The molecule has 17 nitrogen and oxygen atoms in total. The van der Waals surface area contributed by atoms with E-state index in [0.717, 1.165) is 102 Å². The Hall–Kier alpha value is -1.94. The van der Waals surface area contributed by atoms with Gasteiger partial charge < -0.3 is 33.8 Å². The highest BCUT2D eigenvalue weighted by Gasteiger charge is 2.30. The lowest BCUT2D eigenvalue weighted by molar-refractivity contribution is -0.161. The van der Waals surface area contributed by atoms with Crippen LogP contribution < -0.4 is 0 Å². The Morgan fingerprint density at radius 1 is 0.302 bits per heavy atom. The molecule has 0 spiro atoms. The van der Waals surface area contributed by atoms with Gasteiger partial charge in [0.1, 0.15) is 19.3 Å². The number of unbranched alkanes of at least 4 members (excludes halogenated alkanes) is 45. The number of carbonyl (C=O) groups excluding carboxylic acids is 4. The largest absolute Gasteiger partial charge is 0.472 e. The molecule has 0 fully saturated rings.